The lowest BCUT2D eigenvalue weighted by Crippen LogP contribution is -2.45. The van der Waals surface area contributed by atoms with Gasteiger partial charge in [-0.25, -0.2) is 0 Å². The number of rotatable bonds is 2. The zero-order valence-corrected chi connectivity index (χ0v) is 16.5. The minimum Gasteiger partial charge on any atom is -0.504 e. The van der Waals surface area contributed by atoms with Crippen molar-refractivity contribution in [3.8, 4) is 11.5 Å². The Labute approximate surface area is 164 Å². The van der Waals surface area contributed by atoms with Gasteiger partial charge in [0.05, 0.1) is 0 Å². The molecule has 1 aliphatic heterocycles. The Bertz CT molecular complexity index is 767. The van der Waals surface area contributed by atoms with E-state index in [1.165, 1.54) is 11.1 Å². The molecule has 134 valence electrons. The van der Waals surface area contributed by atoms with Gasteiger partial charge >= 0.3 is 0 Å². The van der Waals surface area contributed by atoms with Crippen LogP contribution in [0.1, 0.15) is 41.9 Å². The molecule has 2 aromatic carbocycles. The number of hydrogen-bond acceptors (Lipinski definition) is 3. The average molecular weight is 425 g/mol. The van der Waals surface area contributed by atoms with Gasteiger partial charge in [-0.15, -0.1) is 17.0 Å². The number of benzene rings is 2. The van der Waals surface area contributed by atoms with Gasteiger partial charge in [-0.05, 0) is 67.5 Å². The number of hydrogen-bond donors (Lipinski definition) is 2. The molecule has 1 heterocycles. The second-order valence-electron chi connectivity index (χ2n) is 6.96. The van der Waals surface area contributed by atoms with Gasteiger partial charge < -0.3 is 10.2 Å². The third-order valence-electron chi connectivity index (χ3n) is 5.56. The predicted molar refractivity (Wildman–Crippen MR) is 106 cm³/mol. The molecule has 2 aromatic rings. The number of halogens is 2. The molecule has 2 atom stereocenters. The number of fused-ring (bicyclic) bond motifs is 3. The zero-order valence-electron chi connectivity index (χ0n) is 14.0. The molecule has 2 aliphatic rings. The van der Waals surface area contributed by atoms with Crippen LogP contribution in [0.4, 0.5) is 0 Å². The van der Waals surface area contributed by atoms with Gasteiger partial charge in [0, 0.05) is 23.2 Å². The summed E-state index contributed by atoms with van der Waals surface area (Å²) in [6.07, 6.45) is 4.15. The number of aromatic hydroxyl groups is 2. The van der Waals surface area contributed by atoms with Crippen LogP contribution in [0.2, 0.25) is 5.02 Å². The Morgan fingerprint density at radius 1 is 1.12 bits per heavy atom. The Balaban J connectivity index is 0.00000182. The Morgan fingerprint density at radius 2 is 1.96 bits per heavy atom. The first-order valence-electron chi connectivity index (χ1n) is 8.65. The summed E-state index contributed by atoms with van der Waals surface area (Å²) < 4.78 is 0. The van der Waals surface area contributed by atoms with E-state index < -0.39 is 0 Å². The standard InChI is InChI=1S/C20H22ClNO2.BrH/c21-14-4-1-3-13(11-14)12-22-10-2-5-16-15-7-9-19(23)20(24)17(15)6-8-18(16)22;/h1,3-4,7,9,11,16,18,23-24H,2,5-6,8,10,12H2;1H/t16-,18-;/m0./s1. The molecule has 0 aromatic heterocycles. The maximum atomic E-state index is 10.2. The number of nitrogens with zero attached hydrogens (tertiary/aromatic N) is 1. The lowest BCUT2D eigenvalue weighted by Gasteiger charge is -2.45. The maximum absolute atomic E-state index is 10.2. The van der Waals surface area contributed by atoms with Crippen LogP contribution in [0.5, 0.6) is 11.5 Å². The fourth-order valence-corrected chi connectivity index (χ4v) is 4.69. The molecule has 1 aliphatic carbocycles. The quantitative estimate of drug-likeness (QED) is 0.665. The molecule has 3 nitrogen and oxygen atoms in total. The van der Waals surface area contributed by atoms with Crippen molar-refractivity contribution in [1.29, 1.82) is 0 Å². The lowest BCUT2D eigenvalue weighted by molar-refractivity contribution is 0.104. The van der Waals surface area contributed by atoms with Crippen LogP contribution in [0.25, 0.3) is 0 Å². The van der Waals surface area contributed by atoms with Crippen LogP contribution >= 0.6 is 28.6 Å². The molecule has 1 saturated heterocycles. The molecule has 0 unspecified atom stereocenters. The summed E-state index contributed by atoms with van der Waals surface area (Å²) >= 11 is 6.13. The van der Waals surface area contributed by atoms with Crippen molar-refractivity contribution in [2.24, 2.45) is 0 Å². The SMILES string of the molecule is Br.Oc1ccc2c(c1O)CC[C@H]1[C@H]2CCCN1Cc1cccc(Cl)c1. The fourth-order valence-electron chi connectivity index (χ4n) is 4.48. The van der Waals surface area contributed by atoms with E-state index in [0.29, 0.717) is 12.0 Å². The molecule has 25 heavy (non-hydrogen) atoms. The molecule has 1 fully saturated rings. The summed E-state index contributed by atoms with van der Waals surface area (Å²) in [4.78, 5) is 2.56. The topological polar surface area (TPSA) is 43.7 Å². The highest BCUT2D eigenvalue weighted by molar-refractivity contribution is 8.93. The van der Waals surface area contributed by atoms with Crippen molar-refractivity contribution in [3.63, 3.8) is 0 Å². The molecular weight excluding hydrogens is 402 g/mol. The van der Waals surface area contributed by atoms with E-state index in [2.05, 4.69) is 11.0 Å². The highest BCUT2D eigenvalue weighted by Gasteiger charge is 2.37. The third kappa shape index (κ3) is 3.53. The van der Waals surface area contributed by atoms with E-state index in [4.69, 9.17) is 11.6 Å². The maximum Gasteiger partial charge on any atom is 0.160 e. The molecule has 0 amide bonds. The number of phenols is 2. The summed E-state index contributed by atoms with van der Waals surface area (Å²) in [5.41, 5.74) is 3.42. The molecule has 5 heteroatoms. The van der Waals surface area contributed by atoms with Crippen molar-refractivity contribution < 1.29 is 10.2 Å². The van der Waals surface area contributed by atoms with E-state index in [1.54, 1.807) is 6.07 Å². The van der Waals surface area contributed by atoms with E-state index in [0.717, 1.165) is 49.4 Å². The number of piperidine rings is 1. The molecule has 4 rings (SSSR count). The number of phenolic OH excluding ortho intramolecular Hbond substituents is 2. The molecule has 0 radical (unpaired) electrons. The minimum atomic E-state index is -0.00112. The van der Waals surface area contributed by atoms with Crippen LogP contribution < -0.4 is 0 Å². The van der Waals surface area contributed by atoms with Gasteiger partial charge in [-0.1, -0.05) is 29.8 Å². The minimum absolute atomic E-state index is 0. The van der Waals surface area contributed by atoms with E-state index in [1.807, 2.05) is 24.3 Å². The first-order chi connectivity index (χ1) is 11.6. The van der Waals surface area contributed by atoms with Gasteiger partial charge in [-0.2, -0.15) is 0 Å². The summed E-state index contributed by atoms with van der Waals surface area (Å²) in [5, 5.41) is 20.7. The Morgan fingerprint density at radius 3 is 2.76 bits per heavy atom. The smallest absolute Gasteiger partial charge is 0.160 e. The van der Waals surface area contributed by atoms with Crippen LogP contribution in [-0.4, -0.2) is 27.7 Å². The van der Waals surface area contributed by atoms with Crippen molar-refractivity contribution in [2.75, 3.05) is 6.54 Å². The monoisotopic (exact) mass is 423 g/mol. The Hall–Kier alpha value is -1.23. The van der Waals surface area contributed by atoms with Crippen molar-refractivity contribution in [3.05, 3.63) is 58.1 Å². The highest BCUT2D eigenvalue weighted by atomic mass is 79.9. The average Bonchev–Trinajstić information content (AvgIpc) is 2.58. The largest absolute Gasteiger partial charge is 0.504 e. The molecular formula is C20H23BrClNO2. The summed E-state index contributed by atoms with van der Waals surface area (Å²) in [6, 6.07) is 12.2. The van der Waals surface area contributed by atoms with E-state index in [9.17, 15) is 10.2 Å². The van der Waals surface area contributed by atoms with Crippen molar-refractivity contribution in [2.45, 2.75) is 44.2 Å². The molecule has 0 bridgehead atoms. The van der Waals surface area contributed by atoms with Crippen LogP contribution in [0.15, 0.2) is 36.4 Å². The zero-order chi connectivity index (χ0) is 16.7. The summed E-state index contributed by atoms with van der Waals surface area (Å²) in [7, 11) is 0. The first-order valence-corrected chi connectivity index (χ1v) is 9.03. The normalized spacial score (nSPS) is 22.6. The van der Waals surface area contributed by atoms with E-state index in [-0.39, 0.29) is 28.5 Å². The second kappa shape index (κ2) is 7.56. The van der Waals surface area contributed by atoms with Crippen LogP contribution in [-0.2, 0) is 13.0 Å². The van der Waals surface area contributed by atoms with E-state index >= 15 is 0 Å². The van der Waals surface area contributed by atoms with Gasteiger partial charge in [-0.3, -0.25) is 4.90 Å². The third-order valence-corrected chi connectivity index (χ3v) is 5.79. The van der Waals surface area contributed by atoms with Gasteiger partial charge in [0.1, 0.15) is 0 Å². The van der Waals surface area contributed by atoms with Crippen LogP contribution in [0.3, 0.4) is 0 Å². The number of likely N-dealkylation sites (tertiary alicyclic amines) is 1. The van der Waals surface area contributed by atoms with Crippen LogP contribution in [0, 0.1) is 0 Å². The first kappa shape index (κ1) is 18.6. The molecule has 0 saturated carbocycles. The summed E-state index contributed by atoms with van der Waals surface area (Å²) in [5.74, 6) is 0.518. The fraction of sp³-hybridized carbons (Fsp3) is 0.400. The Kier molecular flexibility index (Phi) is 5.62. The van der Waals surface area contributed by atoms with Gasteiger partial charge in [0.25, 0.3) is 0 Å². The highest BCUT2D eigenvalue weighted by Crippen LogP contribution is 2.45. The molecule has 2 N–H and O–H groups in total. The van der Waals surface area contributed by atoms with Gasteiger partial charge in [0.15, 0.2) is 11.5 Å². The molecule has 0 spiro atoms. The van der Waals surface area contributed by atoms with Gasteiger partial charge in [0.2, 0.25) is 0 Å². The summed E-state index contributed by atoms with van der Waals surface area (Å²) in [6.45, 7) is 2.02. The second-order valence-corrected chi connectivity index (χ2v) is 7.39. The van der Waals surface area contributed by atoms with Crippen molar-refractivity contribution >= 4 is 28.6 Å². The lowest BCUT2D eigenvalue weighted by atomic mass is 9.74. The predicted octanol–water partition coefficient (Wildman–Crippen LogP) is 5.02. The van der Waals surface area contributed by atoms with Crippen molar-refractivity contribution in [1.82, 2.24) is 4.90 Å².